The monoisotopic (exact) mass is 227 g/mol. The quantitative estimate of drug-likeness (QED) is 0.793. The first-order chi connectivity index (χ1) is 6.86. The lowest BCUT2D eigenvalue weighted by molar-refractivity contribution is 0.595. The average Bonchev–Trinajstić information content (AvgIpc) is 2.15. The summed E-state index contributed by atoms with van der Waals surface area (Å²) in [6.07, 6.45) is 0. The molecule has 0 radical (unpaired) electrons. The Balaban J connectivity index is 3.17. The Bertz CT molecular complexity index is 431. The smallest absolute Gasteiger partial charge is 0.234 e. The maximum absolute atomic E-state index is 11.6. The third-order valence-electron chi connectivity index (χ3n) is 2.35. The molecule has 0 amide bonds. The summed E-state index contributed by atoms with van der Waals surface area (Å²) in [6.45, 7) is 5.57. The first-order valence-corrected chi connectivity index (χ1v) is 6.52. The Morgan fingerprint density at radius 3 is 2.00 bits per heavy atom. The highest BCUT2D eigenvalue weighted by molar-refractivity contribution is 7.92. The minimum Gasteiger partial charge on any atom is -0.273 e. The lowest BCUT2D eigenvalue weighted by Gasteiger charge is -2.19. The summed E-state index contributed by atoms with van der Waals surface area (Å²) in [5.74, 6) is 0.122. The third-order valence-corrected chi connectivity index (χ3v) is 4.13. The fraction of sp³-hybridized carbons (Fsp3) is 0.455. The molecule has 1 aromatic rings. The van der Waals surface area contributed by atoms with Crippen molar-refractivity contribution in [1.82, 2.24) is 0 Å². The maximum Gasteiger partial charge on any atom is 0.234 e. The zero-order chi connectivity index (χ0) is 11.6. The molecule has 0 bridgehead atoms. The first kappa shape index (κ1) is 12.0. The zero-order valence-electron chi connectivity index (χ0n) is 9.61. The molecule has 3 nitrogen and oxygen atoms in total. The van der Waals surface area contributed by atoms with Crippen molar-refractivity contribution < 1.29 is 8.42 Å². The highest BCUT2D eigenvalue weighted by Gasteiger charge is 2.15. The van der Waals surface area contributed by atoms with E-state index in [1.54, 1.807) is 14.0 Å². The second-order valence-corrected chi connectivity index (χ2v) is 6.00. The van der Waals surface area contributed by atoms with E-state index in [9.17, 15) is 8.42 Å². The normalized spacial score (nSPS) is 11.5. The van der Waals surface area contributed by atoms with Crippen LogP contribution in [0, 0.1) is 13.8 Å². The Morgan fingerprint density at radius 1 is 1.13 bits per heavy atom. The van der Waals surface area contributed by atoms with Crippen molar-refractivity contribution in [3.05, 3.63) is 29.3 Å². The highest BCUT2D eigenvalue weighted by atomic mass is 32.2. The van der Waals surface area contributed by atoms with Gasteiger partial charge in [-0.25, -0.2) is 8.42 Å². The second kappa shape index (κ2) is 4.23. The van der Waals surface area contributed by atoms with E-state index in [4.69, 9.17) is 0 Å². The van der Waals surface area contributed by atoms with Gasteiger partial charge in [-0.15, -0.1) is 0 Å². The summed E-state index contributed by atoms with van der Waals surface area (Å²) in [5.41, 5.74) is 2.88. The van der Waals surface area contributed by atoms with E-state index in [1.165, 1.54) is 4.31 Å². The summed E-state index contributed by atoms with van der Waals surface area (Å²) in [4.78, 5) is 0. The topological polar surface area (TPSA) is 37.4 Å². The summed E-state index contributed by atoms with van der Waals surface area (Å²) in [7, 11) is -1.56. The molecule has 84 valence electrons. The van der Waals surface area contributed by atoms with Gasteiger partial charge in [-0.1, -0.05) is 6.07 Å². The van der Waals surface area contributed by atoms with Gasteiger partial charge in [-0.2, -0.15) is 0 Å². The van der Waals surface area contributed by atoms with E-state index < -0.39 is 10.0 Å². The molecule has 0 aromatic heterocycles. The molecule has 0 fully saturated rings. The Morgan fingerprint density at radius 2 is 1.60 bits per heavy atom. The number of hydrogen-bond donors (Lipinski definition) is 0. The molecular weight excluding hydrogens is 210 g/mol. The van der Waals surface area contributed by atoms with Gasteiger partial charge in [0, 0.05) is 7.05 Å². The van der Waals surface area contributed by atoms with E-state index in [0.717, 1.165) is 16.8 Å². The standard InChI is InChI=1S/C11H17NO2S/c1-5-15(13,14)12(4)11-7-9(2)6-10(3)8-11/h6-8H,5H2,1-4H3. The van der Waals surface area contributed by atoms with Crippen LogP contribution in [-0.2, 0) is 10.0 Å². The van der Waals surface area contributed by atoms with Crippen molar-refractivity contribution >= 4 is 15.7 Å². The van der Waals surface area contributed by atoms with E-state index in [1.807, 2.05) is 32.0 Å². The number of hydrogen-bond acceptors (Lipinski definition) is 2. The van der Waals surface area contributed by atoms with E-state index >= 15 is 0 Å². The summed E-state index contributed by atoms with van der Waals surface area (Å²) >= 11 is 0. The largest absolute Gasteiger partial charge is 0.273 e. The van der Waals surface area contributed by atoms with Crippen LogP contribution in [-0.4, -0.2) is 21.2 Å². The van der Waals surface area contributed by atoms with Gasteiger partial charge in [0.15, 0.2) is 0 Å². The van der Waals surface area contributed by atoms with Crippen LogP contribution in [0.2, 0.25) is 0 Å². The molecule has 0 heterocycles. The third kappa shape index (κ3) is 2.72. The molecule has 0 spiro atoms. The maximum atomic E-state index is 11.6. The molecular formula is C11H17NO2S. The molecule has 15 heavy (non-hydrogen) atoms. The minimum absolute atomic E-state index is 0.122. The average molecular weight is 227 g/mol. The minimum atomic E-state index is -3.15. The molecule has 0 unspecified atom stereocenters. The highest BCUT2D eigenvalue weighted by Crippen LogP contribution is 2.20. The lowest BCUT2D eigenvalue weighted by Crippen LogP contribution is -2.28. The fourth-order valence-corrected chi connectivity index (χ4v) is 2.30. The van der Waals surface area contributed by atoms with Gasteiger partial charge in [-0.05, 0) is 44.0 Å². The summed E-state index contributed by atoms with van der Waals surface area (Å²) in [6, 6.07) is 5.77. The van der Waals surface area contributed by atoms with Crippen molar-refractivity contribution in [2.45, 2.75) is 20.8 Å². The fourth-order valence-electron chi connectivity index (χ4n) is 1.49. The van der Waals surface area contributed by atoms with Crippen LogP contribution < -0.4 is 4.31 Å². The summed E-state index contributed by atoms with van der Waals surface area (Å²) < 4.78 is 24.6. The zero-order valence-corrected chi connectivity index (χ0v) is 10.4. The predicted octanol–water partition coefficient (Wildman–Crippen LogP) is 2.09. The molecule has 0 aliphatic rings. The molecule has 0 N–H and O–H groups in total. The Kier molecular flexibility index (Phi) is 3.39. The van der Waals surface area contributed by atoms with Gasteiger partial charge < -0.3 is 0 Å². The van der Waals surface area contributed by atoms with Gasteiger partial charge in [0.1, 0.15) is 0 Å². The first-order valence-electron chi connectivity index (χ1n) is 4.91. The number of rotatable bonds is 3. The van der Waals surface area contributed by atoms with Crippen LogP contribution in [0.3, 0.4) is 0 Å². The van der Waals surface area contributed by atoms with Gasteiger partial charge in [0.25, 0.3) is 0 Å². The van der Waals surface area contributed by atoms with Gasteiger partial charge in [0.2, 0.25) is 10.0 Å². The van der Waals surface area contributed by atoms with Crippen LogP contribution in [0.15, 0.2) is 18.2 Å². The van der Waals surface area contributed by atoms with Gasteiger partial charge >= 0.3 is 0 Å². The van der Waals surface area contributed by atoms with Crippen molar-refractivity contribution in [2.75, 3.05) is 17.1 Å². The summed E-state index contributed by atoms with van der Waals surface area (Å²) in [5, 5.41) is 0. The van der Waals surface area contributed by atoms with Crippen molar-refractivity contribution in [3.63, 3.8) is 0 Å². The SMILES string of the molecule is CCS(=O)(=O)N(C)c1cc(C)cc(C)c1. The van der Waals surface area contributed by atoms with Crippen molar-refractivity contribution in [2.24, 2.45) is 0 Å². The van der Waals surface area contributed by atoms with Crippen molar-refractivity contribution in [1.29, 1.82) is 0 Å². The van der Waals surface area contributed by atoms with E-state index in [-0.39, 0.29) is 5.75 Å². The van der Waals surface area contributed by atoms with Gasteiger partial charge in [0.05, 0.1) is 11.4 Å². The Hall–Kier alpha value is -1.03. The Labute approximate surface area is 91.8 Å². The van der Waals surface area contributed by atoms with E-state index in [2.05, 4.69) is 0 Å². The van der Waals surface area contributed by atoms with Crippen LogP contribution in [0.1, 0.15) is 18.1 Å². The molecule has 0 saturated carbocycles. The number of benzene rings is 1. The van der Waals surface area contributed by atoms with Crippen LogP contribution in [0.5, 0.6) is 0 Å². The van der Waals surface area contributed by atoms with E-state index in [0.29, 0.717) is 0 Å². The number of anilines is 1. The molecule has 4 heteroatoms. The molecule has 0 saturated heterocycles. The molecule has 1 aromatic carbocycles. The lowest BCUT2D eigenvalue weighted by atomic mass is 10.1. The number of nitrogens with zero attached hydrogens (tertiary/aromatic N) is 1. The van der Waals surface area contributed by atoms with Crippen LogP contribution >= 0.6 is 0 Å². The number of aryl methyl sites for hydroxylation is 2. The second-order valence-electron chi connectivity index (χ2n) is 3.71. The number of sulfonamides is 1. The molecule has 0 aliphatic heterocycles. The van der Waals surface area contributed by atoms with Crippen LogP contribution in [0.4, 0.5) is 5.69 Å². The molecule has 0 aliphatic carbocycles. The van der Waals surface area contributed by atoms with Crippen LogP contribution in [0.25, 0.3) is 0 Å². The van der Waals surface area contributed by atoms with Gasteiger partial charge in [-0.3, -0.25) is 4.31 Å². The predicted molar refractivity (Wildman–Crippen MR) is 63.8 cm³/mol. The molecule has 1 rings (SSSR count). The van der Waals surface area contributed by atoms with Crippen molar-refractivity contribution in [3.8, 4) is 0 Å². The molecule has 0 atom stereocenters.